The van der Waals surface area contributed by atoms with Crippen LogP contribution in [0.4, 0.5) is 10.5 Å². The molecule has 0 atom stereocenters. The highest BCUT2D eigenvalue weighted by atomic mass is 16.6. The van der Waals surface area contributed by atoms with Gasteiger partial charge in [0.25, 0.3) is 0 Å². The van der Waals surface area contributed by atoms with Gasteiger partial charge in [-0.15, -0.1) is 0 Å². The number of nitrogens with zero attached hydrogens (tertiary/aromatic N) is 3. The third kappa shape index (κ3) is 6.40. The van der Waals surface area contributed by atoms with Crippen LogP contribution in [0, 0.1) is 11.3 Å². The Morgan fingerprint density at radius 3 is 2.38 bits per heavy atom. The van der Waals surface area contributed by atoms with Gasteiger partial charge in [-0.25, -0.2) is 14.4 Å². The van der Waals surface area contributed by atoms with Crippen LogP contribution in [0.5, 0.6) is 0 Å². The molecule has 10 nitrogen and oxygen atoms in total. The van der Waals surface area contributed by atoms with E-state index in [-0.39, 0.29) is 17.2 Å². The quantitative estimate of drug-likeness (QED) is 0.209. The number of carboxylic acid groups (broad SMARTS) is 1. The molecule has 0 saturated carbocycles. The summed E-state index contributed by atoms with van der Waals surface area (Å²) in [6.45, 7) is 4.34. The number of nitriles is 1. The number of allylic oxidation sites excluding steroid dienone is 1. The number of amides is 1. The average molecular weight is 528 g/mol. The molecule has 2 heterocycles. The van der Waals surface area contributed by atoms with Gasteiger partial charge in [-0.2, -0.15) is 5.26 Å². The number of carboxylic acids is 1. The fourth-order valence-electron chi connectivity index (χ4n) is 4.10. The molecule has 1 N–H and O–H groups in total. The van der Waals surface area contributed by atoms with E-state index >= 15 is 0 Å². The first-order valence-corrected chi connectivity index (χ1v) is 12.2. The molecule has 10 heteroatoms. The largest absolute Gasteiger partial charge is 0.477 e. The van der Waals surface area contributed by atoms with Crippen molar-refractivity contribution >= 4 is 46.7 Å². The van der Waals surface area contributed by atoms with Crippen LogP contribution in [-0.4, -0.2) is 60.6 Å². The molecule has 3 aromatic rings. The maximum absolute atomic E-state index is 12.7. The highest BCUT2D eigenvalue weighted by Gasteiger charge is 2.22. The summed E-state index contributed by atoms with van der Waals surface area (Å²) in [5.41, 5.74) is 1.12. The topological polar surface area (TPSA) is 141 Å². The van der Waals surface area contributed by atoms with E-state index in [1.54, 1.807) is 54.3 Å². The van der Waals surface area contributed by atoms with E-state index in [4.69, 9.17) is 19.5 Å². The Labute approximate surface area is 223 Å². The molecule has 4 rings (SSSR count). The van der Waals surface area contributed by atoms with Crippen molar-refractivity contribution in [3.63, 3.8) is 0 Å². The summed E-state index contributed by atoms with van der Waals surface area (Å²) in [4.78, 5) is 52.0. The van der Waals surface area contributed by atoms with Crippen molar-refractivity contribution < 1.29 is 28.6 Å². The van der Waals surface area contributed by atoms with Crippen molar-refractivity contribution in [2.45, 2.75) is 6.92 Å². The van der Waals surface area contributed by atoms with Crippen molar-refractivity contribution in [1.29, 1.82) is 5.26 Å². The number of ketones is 1. The second-order valence-electron chi connectivity index (χ2n) is 8.68. The lowest BCUT2D eigenvalue weighted by Gasteiger charge is -2.35. The molecule has 2 aromatic carbocycles. The fraction of sp³-hybridized carbons (Fsp3) is 0.207. The number of ether oxygens (including phenoxy) is 1. The third-order valence-electron chi connectivity index (χ3n) is 6.18. The SMILES string of the molecule is CCOC(=O)N1CCN(c2ccc3cc(C(=O)/C=C/c4ccc(/C=C(/C#N)C(=O)O)cc4)c(=O)oc3c2)CC1. The van der Waals surface area contributed by atoms with Crippen molar-refractivity contribution in [3.8, 4) is 6.07 Å². The molecule has 0 spiro atoms. The van der Waals surface area contributed by atoms with Gasteiger partial charge in [0.1, 0.15) is 22.8 Å². The summed E-state index contributed by atoms with van der Waals surface area (Å²) in [5, 5.41) is 18.4. The number of rotatable bonds is 7. The molecule has 1 aromatic heterocycles. The van der Waals surface area contributed by atoms with Crippen molar-refractivity contribution in [3.05, 3.63) is 87.3 Å². The number of hydrogen-bond donors (Lipinski definition) is 1. The maximum Gasteiger partial charge on any atom is 0.409 e. The summed E-state index contributed by atoms with van der Waals surface area (Å²) in [5.74, 6) is -1.84. The minimum absolute atomic E-state index is 0.103. The zero-order chi connectivity index (χ0) is 27.9. The Morgan fingerprint density at radius 1 is 1.05 bits per heavy atom. The lowest BCUT2D eigenvalue weighted by atomic mass is 10.1. The van der Waals surface area contributed by atoms with Crippen LogP contribution >= 0.6 is 0 Å². The van der Waals surface area contributed by atoms with E-state index in [2.05, 4.69) is 4.90 Å². The van der Waals surface area contributed by atoms with Gasteiger partial charge in [0.15, 0.2) is 5.78 Å². The minimum Gasteiger partial charge on any atom is -0.477 e. The predicted molar refractivity (Wildman–Crippen MR) is 144 cm³/mol. The van der Waals surface area contributed by atoms with Gasteiger partial charge in [0, 0.05) is 43.3 Å². The molecule has 1 aliphatic heterocycles. The van der Waals surface area contributed by atoms with Gasteiger partial charge in [0.2, 0.25) is 0 Å². The van der Waals surface area contributed by atoms with E-state index in [0.717, 1.165) is 5.69 Å². The molecule has 1 amide bonds. The Morgan fingerprint density at radius 2 is 1.74 bits per heavy atom. The summed E-state index contributed by atoms with van der Waals surface area (Å²) < 4.78 is 10.5. The smallest absolute Gasteiger partial charge is 0.409 e. The molecule has 0 aliphatic carbocycles. The highest BCUT2D eigenvalue weighted by molar-refractivity contribution is 6.08. The lowest BCUT2D eigenvalue weighted by molar-refractivity contribution is -0.132. The molecule has 1 saturated heterocycles. The standard InChI is InChI=1S/C29H25N3O7/c1-2-38-29(37)32-13-11-31(12-14-32)23-9-8-21-16-24(28(36)39-26(21)17-23)25(33)10-7-19-3-5-20(6-4-19)15-22(18-30)27(34)35/h3-10,15-17H,2,11-14H2,1H3,(H,34,35)/b10-7+,22-15-. The number of benzene rings is 2. The van der Waals surface area contributed by atoms with Gasteiger partial charge >= 0.3 is 17.7 Å². The molecule has 0 radical (unpaired) electrons. The Bertz CT molecular complexity index is 1570. The first-order chi connectivity index (χ1) is 18.8. The van der Waals surface area contributed by atoms with Crippen molar-refractivity contribution in [2.75, 3.05) is 37.7 Å². The van der Waals surface area contributed by atoms with Crippen LogP contribution in [-0.2, 0) is 9.53 Å². The van der Waals surface area contributed by atoms with Gasteiger partial charge in [0.05, 0.1) is 6.61 Å². The molecular formula is C29H25N3O7. The summed E-state index contributed by atoms with van der Waals surface area (Å²) in [7, 11) is 0. The van der Waals surface area contributed by atoms with Crippen LogP contribution < -0.4 is 10.5 Å². The number of fused-ring (bicyclic) bond motifs is 1. The van der Waals surface area contributed by atoms with E-state index in [1.165, 1.54) is 24.3 Å². The monoisotopic (exact) mass is 527 g/mol. The second kappa shape index (κ2) is 11.9. The molecule has 198 valence electrons. The normalized spacial score (nSPS) is 13.9. The molecule has 0 bridgehead atoms. The van der Waals surface area contributed by atoms with Crippen LogP contribution in [0.2, 0.25) is 0 Å². The van der Waals surface area contributed by atoms with E-state index in [9.17, 15) is 19.2 Å². The molecule has 39 heavy (non-hydrogen) atoms. The number of piperazine rings is 1. The van der Waals surface area contributed by atoms with Gasteiger partial charge < -0.3 is 24.1 Å². The average Bonchev–Trinajstić information content (AvgIpc) is 2.94. The number of hydrogen-bond acceptors (Lipinski definition) is 8. The fourth-order valence-corrected chi connectivity index (χ4v) is 4.10. The van der Waals surface area contributed by atoms with Crippen LogP contribution in [0.3, 0.4) is 0 Å². The Kier molecular flexibility index (Phi) is 8.21. The Hall–Kier alpha value is -5.17. The van der Waals surface area contributed by atoms with Crippen molar-refractivity contribution in [2.24, 2.45) is 0 Å². The zero-order valence-electron chi connectivity index (χ0n) is 21.1. The van der Waals surface area contributed by atoms with Gasteiger partial charge in [-0.05, 0) is 48.4 Å². The highest BCUT2D eigenvalue weighted by Crippen LogP contribution is 2.23. The van der Waals surface area contributed by atoms with E-state index in [0.29, 0.717) is 54.9 Å². The maximum atomic E-state index is 12.7. The van der Waals surface area contributed by atoms with Gasteiger partial charge in [-0.3, -0.25) is 4.79 Å². The minimum atomic E-state index is -1.31. The number of carbonyl (C=O) groups is 3. The van der Waals surface area contributed by atoms with E-state index in [1.807, 2.05) is 6.07 Å². The lowest BCUT2D eigenvalue weighted by Crippen LogP contribution is -2.49. The molecule has 1 fully saturated rings. The van der Waals surface area contributed by atoms with E-state index < -0.39 is 17.4 Å². The summed E-state index contributed by atoms with van der Waals surface area (Å²) in [6.07, 6.45) is 3.71. The third-order valence-corrected chi connectivity index (χ3v) is 6.18. The number of carbonyl (C=O) groups excluding carboxylic acids is 2. The summed E-state index contributed by atoms with van der Waals surface area (Å²) >= 11 is 0. The Balaban J connectivity index is 1.46. The molecule has 1 aliphatic rings. The number of anilines is 1. The first-order valence-electron chi connectivity index (χ1n) is 12.2. The van der Waals surface area contributed by atoms with Crippen molar-refractivity contribution in [1.82, 2.24) is 4.90 Å². The van der Waals surface area contributed by atoms with Crippen LogP contribution in [0.1, 0.15) is 28.4 Å². The first kappa shape index (κ1) is 26.9. The van der Waals surface area contributed by atoms with Crippen LogP contribution in [0.25, 0.3) is 23.1 Å². The van der Waals surface area contributed by atoms with Crippen LogP contribution in [0.15, 0.2) is 69.4 Å². The predicted octanol–water partition coefficient (Wildman–Crippen LogP) is 3.96. The molecule has 0 unspecified atom stereocenters. The second-order valence-corrected chi connectivity index (χ2v) is 8.68. The zero-order valence-corrected chi connectivity index (χ0v) is 21.1. The van der Waals surface area contributed by atoms with Gasteiger partial charge in [-0.1, -0.05) is 30.3 Å². The molecular weight excluding hydrogens is 502 g/mol. The summed E-state index contributed by atoms with van der Waals surface area (Å²) in [6, 6.07) is 15.1. The number of aliphatic carboxylic acids is 1.